The molecule has 0 fully saturated rings. The Labute approximate surface area is 124 Å². The molecule has 0 saturated heterocycles. The summed E-state index contributed by atoms with van der Waals surface area (Å²) in [7, 11) is -3.78. The number of sulfonamides is 1. The van der Waals surface area contributed by atoms with Crippen molar-refractivity contribution in [2.24, 2.45) is 0 Å². The third-order valence-electron chi connectivity index (χ3n) is 2.58. The quantitative estimate of drug-likeness (QED) is 0.902. The third kappa shape index (κ3) is 3.12. The van der Waals surface area contributed by atoms with Crippen molar-refractivity contribution in [2.45, 2.75) is 17.7 Å². The zero-order chi connectivity index (χ0) is 14.9. The van der Waals surface area contributed by atoms with E-state index in [2.05, 4.69) is 4.72 Å². The number of halogens is 2. The van der Waals surface area contributed by atoms with E-state index in [9.17, 15) is 12.8 Å². The van der Waals surface area contributed by atoms with Crippen molar-refractivity contribution in [1.29, 1.82) is 0 Å². The normalized spacial score (nSPS) is 11.6. The Morgan fingerprint density at radius 1 is 1.40 bits per heavy atom. The predicted molar refractivity (Wildman–Crippen MR) is 77.2 cm³/mol. The van der Waals surface area contributed by atoms with Crippen LogP contribution in [0.3, 0.4) is 0 Å². The number of hydrogen-bond donors (Lipinski definition) is 2. The molecule has 0 saturated carbocycles. The summed E-state index contributed by atoms with van der Waals surface area (Å²) in [5, 5.41) is 8.93. The Hall–Kier alpha value is -1.15. The number of rotatable bonds is 4. The van der Waals surface area contributed by atoms with Crippen molar-refractivity contribution in [3.63, 3.8) is 0 Å². The van der Waals surface area contributed by atoms with E-state index in [1.807, 2.05) is 0 Å². The number of anilines is 1. The lowest BCUT2D eigenvalue weighted by molar-refractivity contribution is 0.285. The lowest BCUT2D eigenvalue weighted by Crippen LogP contribution is -2.11. The molecule has 2 rings (SSSR count). The molecule has 0 aliphatic rings. The molecule has 0 spiro atoms. The van der Waals surface area contributed by atoms with Crippen LogP contribution in [-0.4, -0.2) is 13.5 Å². The highest BCUT2D eigenvalue weighted by Crippen LogP contribution is 2.28. The Kier molecular flexibility index (Phi) is 4.33. The van der Waals surface area contributed by atoms with Gasteiger partial charge < -0.3 is 5.11 Å². The number of aliphatic hydroxyl groups excluding tert-OH is 1. The highest BCUT2D eigenvalue weighted by molar-refractivity contribution is 7.94. The summed E-state index contributed by atoms with van der Waals surface area (Å²) in [4.78, 5) is 0.586. The van der Waals surface area contributed by atoms with Crippen molar-refractivity contribution < 1.29 is 17.9 Å². The van der Waals surface area contributed by atoms with Gasteiger partial charge in [-0.25, -0.2) is 12.8 Å². The molecule has 0 aliphatic carbocycles. The first-order valence-electron chi connectivity index (χ1n) is 5.51. The fourth-order valence-electron chi connectivity index (χ4n) is 1.54. The second-order valence-corrected chi connectivity index (χ2v) is 7.52. The van der Waals surface area contributed by atoms with Crippen LogP contribution in [0.1, 0.15) is 10.4 Å². The van der Waals surface area contributed by atoms with Crippen molar-refractivity contribution >= 4 is 38.6 Å². The Morgan fingerprint density at radius 2 is 2.10 bits per heavy atom. The average molecular weight is 336 g/mol. The van der Waals surface area contributed by atoms with Gasteiger partial charge in [0.25, 0.3) is 10.0 Å². The summed E-state index contributed by atoms with van der Waals surface area (Å²) in [5.41, 5.74) is 0.878. The van der Waals surface area contributed by atoms with Gasteiger partial charge in [-0.3, -0.25) is 4.72 Å². The molecule has 1 aromatic carbocycles. The molecule has 2 aromatic rings. The van der Waals surface area contributed by atoms with Crippen LogP contribution in [0.25, 0.3) is 0 Å². The van der Waals surface area contributed by atoms with Gasteiger partial charge in [0.1, 0.15) is 10.0 Å². The molecule has 1 aromatic heterocycles. The molecule has 20 heavy (non-hydrogen) atoms. The minimum absolute atomic E-state index is 0.0829. The van der Waals surface area contributed by atoms with Crippen LogP contribution >= 0.6 is 22.9 Å². The van der Waals surface area contributed by atoms with E-state index in [-0.39, 0.29) is 21.5 Å². The van der Waals surface area contributed by atoms with Crippen LogP contribution in [0, 0.1) is 12.7 Å². The largest absolute Gasteiger partial charge is 0.391 e. The molecule has 108 valence electrons. The van der Waals surface area contributed by atoms with Crippen molar-refractivity contribution in [2.75, 3.05) is 4.72 Å². The predicted octanol–water partition coefficient (Wildman–Crippen LogP) is 3.14. The van der Waals surface area contributed by atoms with Crippen LogP contribution < -0.4 is 4.72 Å². The lowest BCUT2D eigenvalue weighted by Gasteiger charge is -2.06. The molecule has 0 aliphatic heterocycles. The zero-order valence-corrected chi connectivity index (χ0v) is 12.7. The summed E-state index contributed by atoms with van der Waals surface area (Å²) in [6, 6.07) is 5.04. The van der Waals surface area contributed by atoms with Gasteiger partial charge in [-0.15, -0.1) is 11.3 Å². The second kappa shape index (κ2) is 5.69. The molecule has 0 bridgehead atoms. The van der Waals surface area contributed by atoms with E-state index in [0.717, 1.165) is 17.4 Å². The van der Waals surface area contributed by atoms with Crippen molar-refractivity contribution in [1.82, 2.24) is 0 Å². The number of thiophene rings is 1. The van der Waals surface area contributed by atoms with Crippen LogP contribution in [0.15, 0.2) is 28.5 Å². The highest BCUT2D eigenvalue weighted by Gasteiger charge is 2.19. The maximum absolute atomic E-state index is 13.0. The van der Waals surface area contributed by atoms with Gasteiger partial charge >= 0.3 is 0 Å². The SMILES string of the molecule is Cc1cc(S(=O)(=O)Nc2ccc(F)c(Cl)c2)sc1CO. The van der Waals surface area contributed by atoms with Crippen LogP contribution in [0.5, 0.6) is 0 Å². The smallest absolute Gasteiger partial charge is 0.271 e. The first kappa shape index (κ1) is 15.2. The van der Waals surface area contributed by atoms with Crippen LogP contribution in [0.4, 0.5) is 10.1 Å². The summed E-state index contributed by atoms with van der Waals surface area (Å²) < 4.78 is 39.7. The summed E-state index contributed by atoms with van der Waals surface area (Å²) >= 11 is 6.59. The van der Waals surface area contributed by atoms with Crippen molar-refractivity contribution in [3.05, 3.63) is 45.5 Å². The van der Waals surface area contributed by atoms with E-state index in [1.165, 1.54) is 18.2 Å². The minimum Gasteiger partial charge on any atom is -0.391 e. The van der Waals surface area contributed by atoms with Gasteiger partial charge in [0, 0.05) is 4.88 Å². The average Bonchev–Trinajstić information content (AvgIpc) is 2.76. The van der Waals surface area contributed by atoms with Gasteiger partial charge in [0.2, 0.25) is 0 Å². The van der Waals surface area contributed by atoms with E-state index in [1.54, 1.807) is 6.92 Å². The first-order valence-corrected chi connectivity index (χ1v) is 8.19. The van der Waals surface area contributed by atoms with E-state index in [4.69, 9.17) is 16.7 Å². The molecule has 0 unspecified atom stereocenters. The molecule has 0 atom stereocenters. The Balaban J connectivity index is 2.32. The summed E-state index contributed by atoms with van der Waals surface area (Å²) in [5.74, 6) is -0.621. The first-order chi connectivity index (χ1) is 9.33. The van der Waals surface area contributed by atoms with Gasteiger partial charge in [-0.2, -0.15) is 0 Å². The number of aliphatic hydroxyl groups is 1. The monoisotopic (exact) mass is 335 g/mol. The van der Waals surface area contributed by atoms with E-state index in [0.29, 0.717) is 10.4 Å². The molecule has 4 nitrogen and oxygen atoms in total. The number of nitrogens with one attached hydrogen (secondary N) is 1. The topological polar surface area (TPSA) is 66.4 Å². The van der Waals surface area contributed by atoms with Crippen LogP contribution in [0.2, 0.25) is 5.02 Å². The maximum atomic E-state index is 13.0. The van der Waals surface area contributed by atoms with Gasteiger partial charge in [0.15, 0.2) is 0 Å². The lowest BCUT2D eigenvalue weighted by atomic mass is 10.3. The Morgan fingerprint density at radius 3 is 2.65 bits per heavy atom. The highest BCUT2D eigenvalue weighted by atomic mass is 35.5. The summed E-state index contributed by atoms with van der Waals surface area (Å²) in [6.45, 7) is 1.50. The fraction of sp³-hybridized carbons (Fsp3) is 0.167. The molecule has 2 N–H and O–H groups in total. The second-order valence-electron chi connectivity index (χ2n) is 4.06. The number of benzene rings is 1. The molecule has 0 radical (unpaired) electrons. The van der Waals surface area contributed by atoms with Crippen LogP contribution in [-0.2, 0) is 16.6 Å². The van der Waals surface area contributed by atoms with Crippen molar-refractivity contribution in [3.8, 4) is 0 Å². The standard InChI is InChI=1S/C12H11ClFNO3S2/c1-7-4-12(19-11(7)6-16)20(17,18)15-8-2-3-10(14)9(13)5-8/h2-5,15-16H,6H2,1H3. The maximum Gasteiger partial charge on any atom is 0.271 e. The number of hydrogen-bond acceptors (Lipinski definition) is 4. The molecule has 8 heteroatoms. The van der Waals surface area contributed by atoms with Gasteiger partial charge in [0.05, 0.1) is 17.3 Å². The zero-order valence-electron chi connectivity index (χ0n) is 10.4. The Bertz CT molecular complexity index is 743. The van der Waals surface area contributed by atoms with E-state index < -0.39 is 15.8 Å². The van der Waals surface area contributed by atoms with Gasteiger partial charge in [-0.05, 0) is 36.8 Å². The van der Waals surface area contributed by atoms with E-state index >= 15 is 0 Å². The van der Waals surface area contributed by atoms with Gasteiger partial charge in [-0.1, -0.05) is 11.6 Å². The number of aryl methyl sites for hydroxylation is 1. The molecular weight excluding hydrogens is 325 g/mol. The molecule has 1 heterocycles. The summed E-state index contributed by atoms with van der Waals surface area (Å²) in [6.07, 6.45) is 0. The molecule has 0 amide bonds. The minimum atomic E-state index is -3.78. The third-order valence-corrected chi connectivity index (χ3v) is 5.94. The fourth-order valence-corrected chi connectivity index (χ4v) is 4.22. The molecular formula is C12H11ClFNO3S2.